The lowest BCUT2D eigenvalue weighted by atomic mass is 10.0. The summed E-state index contributed by atoms with van der Waals surface area (Å²) in [5.41, 5.74) is 7.56. The molecule has 0 aliphatic rings. The van der Waals surface area contributed by atoms with Crippen LogP contribution in [0, 0.1) is 11.8 Å². The monoisotopic (exact) mass is 427 g/mol. The van der Waals surface area contributed by atoms with Gasteiger partial charge < -0.3 is 15.7 Å². The van der Waals surface area contributed by atoms with Gasteiger partial charge in [-0.3, -0.25) is 14.2 Å². The molecule has 1 rings (SSSR count). The topological polar surface area (TPSA) is 118 Å². The summed E-state index contributed by atoms with van der Waals surface area (Å²) < 4.78 is 11.0. The summed E-state index contributed by atoms with van der Waals surface area (Å²) in [5.74, 6) is -2.03. The van der Waals surface area contributed by atoms with E-state index < -0.39 is 25.2 Å². The highest BCUT2D eigenvalue weighted by Gasteiger charge is 2.25. The molecule has 0 aromatic heterocycles. The molecule has 0 saturated heterocycles. The van der Waals surface area contributed by atoms with E-state index in [-0.39, 0.29) is 19.0 Å². The van der Waals surface area contributed by atoms with Gasteiger partial charge >= 0.3 is 5.97 Å². The van der Waals surface area contributed by atoms with Gasteiger partial charge in [0.05, 0.1) is 5.92 Å². The number of carboxylic acid groups (broad SMARTS) is 1. The molecule has 0 radical (unpaired) electrons. The Morgan fingerprint density at radius 3 is 2.03 bits per heavy atom. The third kappa shape index (κ3) is 17.9. The summed E-state index contributed by atoms with van der Waals surface area (Å²) in [6.07, 6.45) is 4.96. The van der Waals surface area contributed by atoms with Gasteiger partial charge in [0.15, 0.2) is 7.37 Å². The minimum atomic E-state index is -3.37. The van der Waals surface area contributed by atoms with Crippen molar-refractivity contribution in [2.45, 2.75) is 53.9 Å². The van der Waals surface area contributed by atoms with Crippen molar-refractivity contribution in [3.05, 3.63) is 41.5 Å². The van der Waals surface area contributed by atoms with Gasteiger partial charge in [0.1, 0.15) is 0 Å². The van der Waals surface area contributed by atoms with Crippen LogP contribution in [0.1, 0.15) is 58.6 Å². The third-order valence-electron chi connectivity index (χ3n) is 3.63. The van der Waals surface area contributed by atoms with Crippen molar-refractivity contribution >= 4 is 25.3 Å². The van der Waals surface area contributed by atoms with Gasteiger partial charge in [0.2, 0.25) is 5.91 Å². The van der Waals surface area contributed by atoms with Gasteiger partial charge in [-0.1, -0.05) is 64.1 Å². The number of aliphatic carboxylic acids is 1. The average Bonchev–Trinajstić information content (AvgIpc) is 2.61. The molecule has 1 amide bonds. The van der Waals surface area contributed by atoms with Gasteiger partial charge in [0, 0.05) is 19.2 Å². The molecule has 0 heterocycles. The fourth-order valence-corrected chi connectivity index (χ4v) is 3.60. The highest BCUT2D eigenvalue weighted by Crippen LogP contribution is 2.38. The first-order valence-corrected chi connectivity index (χ1v) is 12.3. The number of primary amides is 1. The van der Waals surface area contributed by atoms with Gasteiger partial charge in [-0.25, -0.2) is 0 Å². The van der Waals surface area contributed by atoms with Gasteiger partial charge in [-0.2, -0.15) is 0 Å². The Morgan fingerprint density at radius 1 is 1.17 bits per heavy atom. The minimum absolute atomic E-state index is 0.00303. The van der Waals surface area contributed by atoms with E-state index in [1.807, 2.05) is 20.8 Å². The van der Waals surface area contributed by atoms with E-state index in [1.54, 1.807) is 0 Å². The van der Waals surface area contributed by atoms with Crippen LogP contribution in [0.3, 0.4) is 0 Å². The molecule has 0 fully saturated rings. The second-order valence-corrected chi connectivity index (χ2v) is 9.58. The Hall–Kier alpha value is -1.91. The van der Waals surface area contributed by atoms with E-state index in [2.05, 4.69) is 50.3 Å². The van der Waals surface area contributed by atoms with Crippen molar-refractivity contribution in [1.82, 2.24) is 0 Å². The number of carbonyl (C=O) groups excluding carboxylic acids is 1. The van der Waals surface area contributed by atoms with Crippen LogP contribution in [0.15, 0.2) is 30.3 Å². The quantitative estimate of drug-likeness (QED) is 0.489. The van der Waals surface area contributed by atoms with Crippen LogP contribution in [0.2, 0.25) is 0 Å². The summed E-state index contributed by atoms with van der Waals surface area (Å²) in [6.45, 7) is 11.6. The fourth-order valence-electron chi connectivity index (χ4n) is 2.45. The Balaban J connectivity index is 0. The molecule has 29 heavy (non-hydrogen) atoms. The molecule has 0 bridgehead atoms. The molecule has 6 nitrogen and oxygen atoms in total. The number of carbonyl (C=O) groups is 2. The molecule has 2 atom stereocenters. The first kappa shape index (κ1) is 29.3. The van der Waals surface area contributed by atoms with Crippen molar-refractivity contribution < 1.29 is 24.2 Å². The Labute approximate surface area is 175 Å². The number of carboxylic acids is 1. The van der Waals surface area contributed by atoms with Gasteiger partial charge in [-0.05, 0) is 36.8 Å². The second kappa shape index (κ2) is 15.9. The van der Waals surface area contributed by atoms with Crippen LogP contribution in [-0.4, -0.2) is 34.7 Å². The zero-order valence-corrected chi connectivity index (χ0v) is 19.5. The molecule has 0 saturated carbocycles. The molecular formula is C22H38NO5P. The third-order valence-corrected chi connectivity index (χ3v) is 4.75. The molecule has 1 aromatic carbocycles. The summed E-state index contributed by atoms with van der Waals surface area (Å²) >= 11 is 0. The smallest absolute Gasteiger partial charge is 0.307 e. The molecule has 0 aliphatic heterocycles. The maximum atomic E-state index is 11.0. The van der Waals surface area contributed by atoms with Crippen molar-refractivity contribution in [2.75, 3.05) is 12.8 Å². The molecule has 7 heteroatoms. The predicted octanol–water partition coefficient (Wildman–Crippen LogP) is 4.80. The van der Waals surface area contributed by atoms with E-state index in [1.165, 1.54) is 17.5 Å². The lowest BCUT2D eigenvalue weighted by Crippen LogP contribution is -2.21. The number of benzene rings is 1. The fraction of sp³-hybridized carbons (Fsp3) is 0.545. The maximum Gasteiger partial charge on any atom is 0.307 e. The molecule has 1 aromatic rings. The van der Waals surface area contributed by atoms with Crippen LogP contribution < -0.4 is 5.73 Å². The van der Waals surface area contributed by atoms with Crippen LogP contribution >= 0.6 is 7.37 Å². The Kier molecular flexibility index (Phi) is 16.1. The SMILES string of the molecule is C/C=C\c1ccc(CC(C)C)cc1.CC.CP(=O)(O)CC(CCC(N)=O)C(=O)O. The van der Waals surface area contributed by atoms with Crippen LogP contribution in [0.5, 0.6) is 0 Å². The molecule has 166 valence electrons. The first-order chi connectivity index (χ1) is 13.4. The maximum absolute atomic E-state index is 11.0. The number of nitrogens with two attached hydrogens (primary N) is 1. The van der Waals surface area contributed by atoms with Crippen molar-refractivity contribution in [3.63, 3.8) is 0 Å². The zero-order chi connectivity index (χ0) is 23.0. The van der Waals surface area contributed by atoms with Crippen LogP contribution in [-0.2, 0) is 20.6 Å². The van der Waals surface area contributed by atoms with E-state index in [9.17, 15) is 14.2 Å². The van der Waals surface area contributed by atoms with Crippen molar-refractivity contribution in [3.8, 4) is 0 Å². The Morgan fingerprint density at radius 2 is 1.69 bits per heavy atom. The number of hydrogen-bond donors (Lipinski definition) is 3. The van der Waals surface area contributed by atoms with E-state index in [0.29, 0.717) is 0 Å². The minimum Gasteiger partial charge on any atom is -0.481 e. The second-order valence-electron chi connectivity index (χ2n) is 7.11. The van der Waals surface area contributed by atoms with Crippen LogP contribution in [0.4, 0.5) is 0 Å². The number of hydrogen-bond acceptors (Lipinski definition) is 3. The molecule has 4 N–H and O–H groups in total. The Bertz CT molecular complexity index is 662. The summed E-state index contributed by atoms with van der Waals surface area (Å²) in [6, 6.07) is 8.79. The van der Waals surface area contributed by atoms with Crippen LogP contribution in [0.25, 0.3) is 6.08 Å². The lowest BCUT2D eigenvalue weighted by Gasteiger charge is -2.12. The predicted molar refractivity (Wildman–Crippen MR) is 121 cm³/mol. The number of amides is 1. The van der Waals surface area contributed by atoms with E-state index in [4.69, 9.17) is 15.7 Å². The largest absolute Gasteiger partial charge is 0.481 e. The van der Waals surface area contributed by atoms with E-state index >= 15 is 0 Å². The van der Waals surface area contributed by atoms with Gasteiger partial charge in [0.25, 0.3) is 0 Å². The molecule has 2 unspecified atom stereocenters. The average molecular weight is 428 g/mol. The van der Waals surface area contributed by atoms with Crippen molar-refractivity contribution in [1.29, 1.82) is 0 Å². The highest BCUT2D eigenvalue weighted by molar-refractivity contribution is 7.57. The summed E-state index contributed by atoms with van der Waals surface area (Å²) in [5, 5.41) is 8.67. The first-order valence-electron chi connectivity index (χ1n) is 9.96. The standard InChI is InChI=1S/C13H18.C7H14NO5P.C2H6/c1-4-5-12-6-8-13(9-7-12)10-11(2)3;1-14(12,13)4-5(7(10)11)2-3-6(8)9;1-2/h4-9,11H,10H2,1-3H3;5H,2-4H2,1H3,(H2,8,9)(H,10,11)(H,12,13);1-2H3/b5-4-;;. The normalized spacial score (nSPS) is 13.5. The van der Waals surface area contributed by atoms with Crippen molar-refractivity contribution in [2.24, 2.45) is 17.6 Å². The highest BCUT2D eigenvalue weighted by atomic mass is 31.2. The van der Waals surface area contributed by atoms with Gasteiger partial charge in [-0.15, -0.1) is 0 Å². The lowest BCUT2D eigenvalue weighted by molar-refractivity contribution is -0.141. The number of rotatable bonds is 9. The zero-order valence-electron chi connectivity index (χ0n) is 18.6. The van der Waals surface area contributed by atoms with E-state index in [0.717, 1.165) is 12.6 Å². The summed E-state index contributed by atoms with van der Waals surface area (Å²) in [7, 11) is -3.37. The number of allylic oxidation sites excluding steroid dienone is 1. The summed E-state index contributed by atoms with van der Waals surface area (Å²) in [4.78, 5) is 30.0. The molecule has 0 spiro atoms. The molecular weight excluding hydrogens is 389 g/mol. The molecule has 0 aliphatic carbocycles.